The summed E-state index contributed by atoms with van der Waals surface area (Å²) in [6.45, 7) is 0.125. The first-order valence-electron chi connectivity index (χ1n) is 0.943. The van der Waals surface area contributed by atoms with E-state index >= 15 is 0 Å². The maximum Gasteiger partial charge on any atom is 0.300 e. The normalized spacial score (nSPS) is 4.00. The van der Waals surface area contributed by atoms with Crippen molar-refractivity contribution in [3.63, 3.8) is 0 Å². The molecule has 0 amide bonds. The van der Waals surface area contributed by atoms with Crippen molar-refractivity contribution in [2.24, 2.45) is 0 Å². The number of hydrogen-bond acceptors (Lipinski definition) is 5. The van der Waals surface area contributed by atoms with Gasteiger partial charge in [-0.25, -0.2) is 0 Å². The molecule has 0 bridgehead atoms. The smallest absolute Gasteiger partial charge is 0.300 e. The van der Waals surface area contributed by atoms with E-state index in [1.54, 1.807) is 0 Å². The molecule has 0 aliphatic carbocycles. The number of rotatable bonds is 2. The van der Waals surface area contributed by atoms with E-state index in [4.69, 9.17) is 9.59 Å². The monoisotopic (exact) mass is 108 g/mol. The van der Waals surface area contributed by atoms with Gasteiger partial charge in [-0.05, 0) is 0 Å². The Balaban J connectivity index is -0.0000000800. The lowest BCUT2D eigenvalue weighted by Crippen LogP contribution is -1.77. The van der Waals surface area contributed by atoms with E-state index in [1.165, 1.54) is 0 Å². The first kappa shape index (κ1) is 16.6. The second-order valence-corrected chi connectivity index (χ2v) is 0.329. The standard InChI is InChI=1S/C2H2O3.2H3N/c3-1-5-2-4;;/h1-2H;2*1H3. The van der Waals surface area contributed by atoms with Gasteiger partial charge in [0.15, 0.2) is 0 Å². The first-order chi connectivity index (χ1) is 2.41. The van der Waals surface area contributed by atoms with Gasteiger partial charge in [0.25, 0.3) is 0 Å². The number of carbonyl (C=O) groups is 2. The molecule has 0 aliphatic heterocycles. The molecule has 0 saturated heterocycles. The molecule has 0 saturated carbocycles. The average molecular weight is 108 g/mol. The summed E-state index contributed by atoms with van der Waals surface area (Å²) in [5.74, 6) is 0. The van der Waals surface area contributed by atoms with Crippen LogP contribution < -0.4 is 12.3 Å². The van der Waals surface area contributed by atoms with Crippen LogP contribution in [0.3, 0.4) is 0 Å². The summed E-state index contributed by atoms with van der Waals surface area (Å²) >= 11 is 0. The summed E-state index contributed by atoms with van der Waals surface area (Å²) in [6, 6.07) is 0. The molecule has 6 N–H and O–H groups in total. The molecule has 0 aromatic carbocycles. The van der Waals surface area contributed by atoms with Gasteiger partial charge in [0.05, 0.1) is 0 Å². The molecule has 0 aromatic heterocycles. The van der Waals surface area contributed by atoms with Crippen molar-refractivity contribution < 1.29 is 14.3 Å². The Morgan fingerprint density at radius 3 is 1.29 bits per heavy atom. The minimum absolute atomic E-state index is 0. The molecule has 0 unspecified atom stereocenters. The zero-order chi connectivity index (χ0) is 4.12. The highest BCUT2D eigenvalue weighted by Crippen LogP contribution is 1.40. The summed E-state index contributed by atoms with van der Waals surface area (Å²) < 4.78 is 3.47. The van der Waals surface area contributed by atoms with Crippen LogP contribution in [0.2, 0.25) is 0 Å². The molecular weight excluding hydrogens is 100 g/mol. The van der Waals surface area contributed by atoms with Gasteiger partial charge in [-0.3, -0.25) is 9.59 Å². The Kier molecular flexibility index (Phi) is 46.5. The highest BCUT2D eigenvalue weighted by molar-refractivity contribution is 5.55. The summed E-state index contributed by atoms with van der Waals surface area (Å²) in [5, 5.41) is 0. The Bertz CT molecular complexity index is 40.2. The molecule has 0 aromatic rings. The van der Waals surface area contributed by atoms with E-state index in [2.05, 4.69) is 4.74 Å². The summed E-state index contributed by atoms with van der Waals surface area (Å²) in [7, 11) is 0. The van der Waals surface area contributed by atoms with Crippen LogP contribution >= 0.6 is 0 Å². The van der Waals surface area contributed by atoms with Crippen molar-refractivity contribution in [3.05, 3.63) is 0 Å². The van der Waals surface area contributed by atoms with Crippen LogP contribution in [0, 0.1) is 0 Å². The largest absolute Gasteiger partial charge is 0.398 e. The van der Waals surface area contributed by atoms with E-state index in [-0.39, 0.29) is 25.2 Å². The topological polar surface area (TPSA) is 113 Å². The molecule has 0 atom stereocenters. The molecule has 0 radical (unpaired) electrons. The van der Waals surface area contributed by atoms with Crippen LogP contribution in [0.15, 0.2) is 0 Å². The van der Waals surface area contributed by atoms with Crippen molar-refractivity contribution in [1.29, 1.82) is 0 Å². The molecule has 0 heterocycles. The average Bonchev–Trinajstić information content (AvgIpc) is 1.41. The minimum Gasteiger partial charge on any atom is -0.398 e. The van der Waals surface area contributed by atoms with Crippen molar-refractivity contribution in [2.45, 2.75) is 0 Å². The van der Waals surface area contributed by atoms with Crippen LogP contribution in [-0.4, -0.2) is 12.9 Å². The van der Waals surface area contributed by atoms with Crippen molar-refractivity contribution in [2.75, 3.05) is 0 Å². The lowest BCUT2D eigenvalue weighted by Gasteiger charge is -1.65. The molecule has 7 heavy (non-hydrogen) atoms. The molecule has 0 fully saturated rings. The Morgan fingerprint density at radius 2 is 1.29 bits per heavy atom. The molecule has 44 valence electrons. The van der Waals surface area contributed by atoms with Gasteiger partial charge < -0.3 is 17.0 Å². The Morgan fingerprint density at radius 1 is 1.00 bits per heavy atom. The molecule has 0 spiro atoms. The van der Waals surface area contributed by atoms with Crippen molar-refractivity contribution >= 4 is 12.9 Å². The van der Waals surface area contributed by atoms with Crippen molar-refractivity contribution in [1.82, 2.24) is 12.3 Å². The van der Waals surface area contributed by atoms with Crippen LogP contribution in [0.5, 0.6) is 0 Å². The number of ether oxygens (including phenoxy) is 1. The second-order valence-electron chi connectivity index (χ2n) is 0.329. The lowest BCUT2D eigenvalue weighted by molar-refractivity contribution is -0.141. The van der Waals surface area contributed by atoms with E-state index in [0.29, 0.717) is 0 Å². The zero-order valence-corrected chi connectivity index (χ0v) is 3.79. The van der Waals surface area contributed by atoms with Gasteiger partial charge in [-0.1, -0.05) is 0 Å². The minimum atomic E-state index is 0. The number of carbonyl (C=O) groups excluding carboxylic acids is 2. The lowest BCUT2D eigenvalue weighted by atomic mass is 11.5. The van der Waals surface area contributed by atoms with Crippen LogP contribution in [0.1, 0.15) is 0 Å². The highest BCUT2D eigenvalue weighted by Gasteiger charge is 1.58. The van der Waals surface area contributed by atoms with Gasteiger partial charge in [0.2, 0.25) is 0 Å². The molecule has 5 nitrogen and oxygen atoms in total. The number of hydrogen-bond donors (Lipinski definition) is 2. The summed E-state index contributed by atoms with van der Waals surface area (Å²) in [4.78, 5) is 17.9. The van der Waals surface area contributed by atoms with Gasteiger partial charge in [-0.15, -0.1) is 0 Å². The van der Waals surface area contributed by atoms with Gasteiger partial charge in [0.1, 0.15) is 0 Å². The van der Waals surface area contributed by atoms with E-state index in [9.17, 15) is 0 Å². The van der Waals surface area contributed by atoms with E-state index < -0.39 is 0 Å². The summed E-state index contributed by atoms with van der Waals surface area (Å²) in [5.41, 5.74) is 0. The fraction of sp³-hybridized carbons (Fsp3) is 0. The van der Waals surface area contributed by atoms with Gasteiger partial charge in [0, 0.05) is 0 Å². The van der Waals surface area contributed by atoms with Crippen LogP contribution in [-0.2, 0) is 14.3 Å². The molecular formula is C2H8N2O3. The van der Waals surface area contributed by atoms with E-state index in [0.717, 1.165) is 0 Å². The maximum absolute atomic E-state index is 8.95. The molecule has 5 heteroatoms. The van der Waals surface area contributed by atoms with Gasteiger partial charge >= 0.3 is 12.9 Å². The third-order valence-electron chi connectivity index (χ3n) is 0.111. The quantitative estimate of drug-likeness (QED) is 0.370. The third-order valence-corrected chi connectivity index (χ3v) is 0.111. The predicted molar refractivity (Wildman–Crippen MR) is 23.3 cm³/mol. The first-order valence-corrected chi connectivity index (χ1v) is 0.943. The van der Waals surface area contributed by atoms with Crippen LogP contribution in [0.4, 0.5) is 0 Å². The zero-order valence-electron chi connectivity index (χ0n) is 3.79. The maximum atomic E-state index is 8.95. The fourth-order valence-electron chi connectivity index (χ4n) is 0.0227. The van der Waals surface area contributed by atoms with Crippen LogP contribution in [0.25, 0.3) is 0 Å². The Labute approximate surface area is 40.8 Å². The third kappa shape index (κ3) is 42.2. The van der Waals surface area contributed by atoms with Crippen molar-refractivity contribution in [3.8, 4) is 0 Å². The fourth-order valence-corrected chi connectivity index (χ4v) is 0.0227. The Hall–Kier alpha value is -0.940. The predicted octanol–water partition coefficient (Wildman–Crippen LogP) is -0.360. The highest BCUT2D eigenvalue weighted by atomic mass is 16.6. The molecule has 0 aliphatic rings. The van der Waals surface area contributed by atoms with E-state index in [1.807, 2.05) is 0 Å². The SMILES string of the molecule is N.N.O=COC=O. The second kappa shape index (κ2) is 19.7. The molecule has 0 rings (SSSR count). The van der Waals surface area contributed by atoms with Gasteiger partial charge in [-0.2, -0.15) is 0 Å². The summed E-state index contributed by atoms with van der Waals surface area (Å²) in [6.07, 6.45) is 0.